The van der Waals surface area contributed by atoms with E-state index in [-0.39, 0.29) is 6.61 Å². The molecule has 2 unspecified atom stereocenters. The summed E-state index contributed by atoms with van der Waals surface area (Å²) in [5.41, 5.74) is 0. The minimum absolute atomic E-state index is 0.306. The van der Waals surface area contributed by atoms with Gasteiger partial charge in [-0.05, 0) is 0 Å². The van der Waals surface area contributed by atoms with Crippen LogP contribution in [0.1, 0.15) is 0 Å². The first-order chi connectivity index (χ1) is 8.01. The van der Waals surface area contributed by atoms with Gasteiger partial charge in [0.2, 0.25) is 0 Å². The largest absolute Gasteiger partial charge is 0.394 e. The Morgan fingerprint density at radius 1 is 1.06 bits per heavy atom. The molecule has 102 valence electrons. The Labute approximate surface area is 97.6 Å². The number of aliphatic hydroxyl groups excluding tert-OH is 6. The first-order valence-electron chi connectivity index (χ1n) is 5.22. The second-order valence-corrected chi connectivity index (χ2v) is 3.87. The third-order valence-corrected chi connectivity index (χ3v) is 2.51. The van der Waals surface area contributed by atoms with Crippen molar-refractivity contribution in [3.05, 3.63) is 0 Å². The summed E-state index contributed by atoms with van der Waals surface area (Å²) in [5.74, 6) is 0. The van der Waals surface area contributed by atoms with Crippen molar-refractivity contribution in [1.82, 2.24) is 0 Å². The van der Waals surface area contributed by atoms with Crippen LogP contribution in [0.4, 0.5) is 0 Å². The summed E-state index contributed by atoms with van der Waals surface area (Å²) < 4.78 is 9.93. The van der Waals surface area contributed by atoms with Crippen molar-refractivity contribution in [1.29, 1.82) is 0 Å². The highest BCUT2D eigenvalue weighted by Gasteiger charge is 2.44. The normalized spacial score (nSPS) is 40.2. The second kappa shape index (κ2) is 6.57. The van der Waals surface area contributed by atoms with Gasteiger partial charge < -0.3 is 40.1 Å². The molecule has 0 bridgehead atoms. The Kier molecular flexibility index (Phi) is 5.70. The monoisotopic (exact) mass is 254 g/mol. The fourth-order valence-electron chi connectivity index (χ4n) is 1.46. The van der Waals surface area contributed by atoms with Crippen molar-refractivity contribution < 1.29 is 40.1 Å². The van der Waals surface area contributed by atoms with Crippen molar-refractivity contribution in [3.8, 4) is 0 Å². The minimum atomic E-state index is -1.52. The van der Waals surface area contributed by atoms with Crippen molar-refractivity contribution in [2.75, 3.05) is 19.8 Å². The maximum atomic E-state index is 9.52. The van der Waals surface area contributed by atoms with E-state index in [1.807, 2.05) is 0 Å². The molecule has 17 heavy (non-hydrogen) atoms. The van der Waals surface area contributed by atoms with Crippen LogP contribution in [0, 0.1) is 0 Å². The summed E-state index contributed by atoms with van der Waals surface area (Å²) >= 11 is 0. The molecule has 0 spiro atoms. The van der Waals surface area contributed by atoms with Crippen LogP contribution in [0.25, 0.3) is 0 Å². The predicted molar refractivity (Wildman–Crippen MR) is 52.8 cm³/mol. The fraction of sp³-hybridized carbons (Fsp3) is 1.00. The lowest BCUT2D eigenvalue weighted by Gasteiger charge is -2.39. The van der Waals surface area contributed by atoms with E-state index in [0.29, 0.717) is 0 Å². The van der Waals surface area contributed by atoms with Crippen LogP contribution in [0.3, 0.4) is 0 Å². The molecule has 8 heteroatoms. The SMILES string of the molecule is OCC(O)COC1O[C@H](CO)[C@@H](O)[C@H](O)[C@@H]1O. The van der Waals surface area contributed by atoms with Gasteiger partial charge in [0.1, 0.15) is 30.5 Å². The predicted octanol–water partition coefficient (Wildman–Crippen LogP) is -3.84. The molecule has 0 radical (unpaired) electrons. The molecule has 1 saturated heterocycles. The van der Waals surface area contributed by atoms with Gasteiger partial charge in [-0.3, -0.25) is 0 Å². The average Bonchev–Trinajstić information content (AvgIpc) is 2.34. The Hall–Kier alpha value is -0.320. The van der Waals surface area contributed by atoms with Crippen LogP contribution in [-0.4, -0.2) is 87.3 Å². The molecule has 0 aromatic rings. The van der Waals surface area contributed by atoms with Gasteiger partial charge in [0.05, 0.1) is 19.8 Å². The molecule has 0 aliphatic carbocycles. The van der Waals surface area contributed by atoms with Crippen LogP contribution in [0.2, 0.25) is 0 Å². The minimum Gasteiger partial charge on any atom is -0.394 e. The van der Waals surface area contributed by atoms with Crippen molar-refractivity contribution in [3.63, 3.8) is 0 Å². The summed E-state index contributed by atoms with van der Waals surface area (Å²) in [5, 5.41) is 54.9. The molecule has 1 aliphatic rings. The first kappa shape index (κ1) is 14.7. The molecule has 0 amide bonds. The topological polar surface area (TPSA) is 140 Å². The van der Waals surface area contributed by atoms with E-state index < -0.39 is 50.0 Å². The maximum absolute atomic E-state index is 9.52. The highest BCUT2D eigenvalue weighted by molar-refractivity contribution is 4.88. The lowest BCUT2D eigenvalue weighted by atomic mass is 9.99. The lowest BCUT2D eigenvalue weighted by molar-refractivity contribution is -0.304. The van der Waals surface area contributed by atoms with Gasteiger partial charge >= 0.3 is 0 Å². The van der Waals surface area contributed by atoms with Gasteiger partial charge in [0.25, 0.3) is 0 Å². The molecule has 0 aromatic heterocycles. The molecule has 1 heterocycles. The van der Waals surface area contributed by atoms with Crippen LogP contribution >= 0.6 is 0 Å². The van der Waals surface area contributed by atoms with E-state index >= 15 is 0 Å². The molecule has 0 aromatic carbocycles. The summed E-state index contributed by atoms with van der Waals surface area (Å²) in [4.78, 5) is 0. The Morgan fingerprint density at radius 3 is 2.24 bits per heavy atom. The van der Waals surface area contributed by atoms with Gasteiger partial charge in [0.15, 0.2) is 6.29 Å². The molecular formula is C9H18O8. The van der Waals surface area contributed by atoms with Crippen molar-refractivity contribution >= 4 is 0 Å². The van der Waals surface area contributed by atoms with E-state index in [0.717, 1.165) is 0 Å². The van der Waals surface area contributed by atoms with E-state index in [1.54, 1.807) is 0 Å². The van der Waals surface area contributed by atoms with E-state index in [1.165, 1.54) is 0 Å². The van der Waals surface area contributed by atoms with Gasteiger partial charge in [-0.25, -0.2) is 0 Å². The van der Waals surface area contributed by atoms with E-state index in [9.17, 15) is 15.3 Å². The Balaban J connectivity index is 2.53. The van der Waals surface area contributed by atoms with E-state index in [4.69, 9.17) is 24.8 Å². The van der Waals surface area contributed by atoms with Gasteiger partial charge in [-0.15, -0.1) is 0 Å². The van der Waals surface area contributed by atoms with Gasteiger partial charge in [-0.2, -0.15) is 0 Å². The second-order valence-electron chi connectivity index (χ2n) is 3.87. The quantitative estimate of drug-likeness (QED) is 0.293. The Morgan fingerprint density at radius 2 is 1.71 bits per heavy atom. The number of hydrogen-bond donors (Lipinski definition) is 6. The summed E-state index contributed by atoms with van der Waals surface area (Å²) in [7, 11) is 0. The zero-order valence-electron chi connectivity index (χ0n) is 9.09. The standard InChI is InChI=1S/C9H18O8/c10-1-4(12)3-16-9-8(15)7(14)6(13)5(2-11)17-9/h4-15H,1-3H2/t4?,5-,6-,7+,8+,9?/m1/s1. The fourth-order valence-corrected chi connectivity index (χ4v) is 1.46. The first-order valence-corrected chi connectivity index (χ1v) is 5.22. The number of aliphatic hydroxyl groups is 6. The summed E-state index contributed by atoms with van der Waals surface area (Å²) in [6.07, 6.45) is -7.94. The zero-order valence-corrected chi connectivity index (χ0v) is 9.09. The molecule has 0 saturated carbocycles. The molecule has 6 atom stereocenters. The number of ether oxygens (including phenoxy) is 2. The van der Waals surface area contributed by atoms with Gasteiger partial charge in [-0.1, -0.05) is 0 Å². The van der Waals surface area contributed by atoms with Crippen molar-refractivity contribution in [2.24, 2.45) is 0 Å². The highest BCUT2D eigenvalue weighted by Crippen LogP contribution is 2.21. The van der Waals surface area contributed by atoms with Crippen molar-refractivity contribution in [2.45, 2.75) is 36.8 Å². The summed E-state index contributed by atoms with van der Waals surface area (Å²) in [6, 6.07) is 0. The van der Waals surface area contributed by atoms with Crippen LogP contribution in [0.5, 0.6) is 0 Å². The smallest absolute Gasteiger partial charge is 0.186 e. The third kappa shape index (κ3) is 3.57. The average molecular weight is 254 g/mol. The summed E-state index contributed by atoms with van der Waals surface area (Å²) in [6.45, 7) is -1.37. The lowest BCUT2D eigenvalue weighted by Crippen LogP contribution is -2.59. The number of hydrogen-bond acceptors (Lipinski definition) is 8. The molecular weight excluding hydrogens is 236 g/mol. The highest BCUT2D eigenvalue weighted by atomic mass is 16.7. The molecule has 8 nitrogen and oxygen atoms in total. The molecule has 1 fully saturated rings. The molecule has 1 rings (SSSR count). The van der Waals surface area contributed by atoms with Crippen LogP contribution < -0.4 is 0 Å². The maximum Gasteiger partial charge on any atom is 0.186 e. The molecule has 1 aliphatic heterocycles. The van der Waals surface area contributed by atoms with E-state index in [2.05, 4.69) is 0 Å². The number of rotatable bonds is 5. The van der Waals surface area contributed by atoms with Crippen LogP contribution in [-0.2, 0) is 9.47 Å². The van der Waals surface area contributed by atoms with Crippen LogP contribution in [0.15, 0.2) is 0 Å². The Bertz CT molecular complexity index is 223. The zero-order chi connectivity index (χ0) is 13.0. The third-order valence-electron chi connectivity index (χ3n) is 2.51. The molecule has 6 N–H and O–H groups in total. The van der Waals surface area contributed by atoms with Gasteiger partial charge in [0, 0.05) is 0 Å².